The largest absolute Gasteiger partial charge is 0.500 e. The molecule has 136 valence electrons. The molecule has 9 heteroatoms. The van der Waals surface area contributed by atoms with Gasteiger partial charge in [-0.15, -0.1) is 0 Å². The molecule has 0 radical (unpaired) electrons. The van der Waals surface area contributed by atoms with Crippen molar-refractivity contribution in [3.63, 3.8) is 0 Å². The lowest BCUT2D eigenvalue weighted by Crippen LogP contribution is -2.19. The lowest BCUT2D eigenvalue weighted by Gasteiger charge is -2.07. The zero-order valence-electron chi connectivity index (χ0n) is 13.8. The summed E-state index contributed by atoms with van der Waals surface area (Å²) in [5.41, 5.74) is 2.88. The summed E-state index contributed by atoms with van der Waals surface area (Å²) in [5.74, 6) is -0.946. The fourth-order valence-electron chi connectivity index (χ4n) is 2.10. The van der Waals surface area contributed by atoms with Gasteiger partial charge < -0.3 is 9.84 Å². The van der Waals surface area contributed by atoms with E-state index in [4.69, 9.17) is 16.3 Å². The van der Waals surface area contributed by atoms with Crippen LogP contribution in [0, 0.1) is 10.1 Å². The minimum Gasteiger partial charge on any atom is -0.500 e. The first-order chi connectivity index (χ1) is 12.4. The molecule has 0 heterocycles. The van der Waals surface area contributed by atoms with Crippen molar-refractivity contribution in [2.75, 3.05) is 6.61 Å². The maximum atomic E-state index is 11.9. The molecule has 0 fully saturated rings. The van der Waals surface area contributed by atoms with Gasteiger partial charge in [-0.25, -0.2) is 5.43 Å². The summed E-state index contributed by atoms with van der Waals surface area (Å²) in [4.78, 5) is 22.1. The van der Waals surface area contributed by atoms with E-state index in [0.717, 1.165) is 11.6 Å². The van der Waals surface area contributed by atoms with Crippen LogP contribution in [0.1, 0.15) is 18.1 Å². The van der Waals surface area contributed by atoms with E-state index in [2.05, 4.69) is 10.5 Å². The lowest BCUT2D eigenvalue weighted by atomic mass is 10.1. The van der Waals surface area contributed by atoms with E-state index < -0.39 is 16.4 Å². The van der Waals surface area contributed by atoms with E-state index >= 15 is 0 Å². The second-order valence-corrected chi connectivity index (χ2v) is 5.61. The molecular formula is C17H16ClN3O5. The third kappa shape index (κ3) is 5.18. The molecule has 0 atom stereocenters. The Bertz CT molecular complexity index is 837. The van der Waals surface area contributed by atoms with E-state index in [-0.39, 0.29) is 24.7 Å². The van der Waals surface area contributed by atoms with E-state index in [1.807, 2.05) is 0 Å². The van der Waals surface area contributed by atoms with Crippen LogP contribution in [0.3, 0.4) is 0 Å². The van der Waals surface area contributed by atoms with Gasteiger partial charge in [0.05, 0.1) is 24.2 Å². The maximum absolute atomic E-state index is 11.9. The van der Waals surface area contributed by atoms with Crippen molar-refractivity contribution in [1.82, 2.24) is 5.43 Å². The van der Waals surface area contributed by atoms with Crippen molar-refractivity contribution in [2.45, 2.75) is 13.3 Å². The molecule has 0 aliphatic carbocycles. The number of rotatable bonds is 7. The number of carbonyl (C=O) groups excluding carboxylic acids is 1. The number of phenolic OH excluding ortho intramolecular Hbond substituents is 1. The Morgan fingerprint density at radius 3 is 2.69 bits per heavy atom. The molecule has 0 saturated carbocycles. The monoisotopic (exact) mass is 377 g/mol. The molecule has 0 spiro atoms. The summed E-state index contributed by atoms with van der Waals surface area (Å²) >= 11 is 5.78. The number of amides is 1. The Kier molecular flexibility index (Phi) is 6.51. The first kappa shape index (κ1) is 19.2. The van der Waals surface area contributed by atoms with Crippen LogP contribution in [0.2, 0.25) is 5.02 Å². The molecule has 2 aromatic carbocycles. The van der Waals surface area contributed by atoms with Gasteiger partial charge in [0.1, 0.15) is 0 Å². The van der Waals surface area contributed by atoms with Crippen molar-refractivity contribution in [3.8, 4) is 11.5 Å². The van der Waals surface area contributed by atoms with Gasteiger partial charge in [-0.1, -0.05) is 23.7 Å². The van der Waals surface area contributed by atoms with Crippen LogP contribution >= 0.6 is 11.6 Å². The van der Waals surface area contributed by atoms with Crippen LogP contribution in [-0.4, -0.2) is 28.8 Å². The van der Waals surface area contributed by atoms with Gasteiger partial charge in [0.25, 0.3) is 0 Å². The Hall–Kier alpha value is -3.13. The number of ether oxygens (including phenoxy) is 1. The molecule has 1 amide bonds. The fraction of sp³-hybridized carbons (Fsp3) is 0.176. The number of benzene rings is 2. The number of nitro benzene ring substituents is 1. The summed E-state index contributed by atoms with van der Waals surface area (Å²) < 4.78 is 5.17. The first-order valence-electron chi connectivity index (χ1n) is 7.61. The SMILES string of the molecule is CCOc1cc(/C=N\NC(=O)Cc2ccc(Cl)cc2)cc([N+](=O)[O-])c1O. The topological polar surface area (TPSA) is 114 Å². The summed E-state index contributed by atoms with van der Waals surface area (Å²) in [6.07, 6.45) is 1.34. The van der Waals surface area contributed by atoms with Gasteiger partial charge in [0, 0.05) is 16.7 Å². The number of nitrogens with one attached hydrogen (secondary N) is 1. The molecule has 2 N–H and O–H groups in total. The molecule has 0 bridgehead atoms. The van der Waals surface area contributed by atoms with Crippen molar-refractivity contribution in [1.29, 1.82) is 0 Å². The minimum absolute atomic E-state index is 0.0318. The van der Waals surface area contributed by atoms with Crippen molar-refractivity contribution < 1.29 is 19.6 Å². The maximum Gasteiger partial charge on any atom is 0.315 e. The van der Waals surface area contributed by atoms with Crippen molar-refractivity contribution in [2.24, 2.45) is 5.10 Å². The lowest BCUT2D eigenvalue weighted by molar-refractivity contribution is -0.386. The van der Waals surface area contributed by atoms with E-state index in [1.165, 1.54) is 12.3 Å². The summed E-state index contributed by atoms with van der Waals surface area (Å²) in [6.45, 7) is 1.91. The Morgan fingerprint density at radius 2 is 2.08 bits per heavy atom. The predicted octanol–water partition coefficient (Wildman–Crippen LogP) is 3.05. The molecule has 0 aliphatic heterocycles. The molecule has 8 nitrogen and oxygen atoms in total. The van der Waals surface area contributed by atoms with Gasteiger partial charge in [-0.05, 0) is 30.7 Å². The highest BCUT2D eigenvalue weighted by molar-refractivity contribution is 6.30. The first-order valence-corrected chi connectivity index (χ1v) is 7.99. The standard InChI is InChI=1S/C17H16ClN3O5/c1-2-26-15-8-12(7-14(17(15)23)21(24)25)10-19-20-16(22)9-11-3-5-13(18)6-4-11/h3-8,10,23H,2,9H2,1H3,(H,20,22)/b19-10-. The van der Waals surface area contributed by atoms with Crippen LogP contribution in [0.25, 0.3) is 0 Å². The molecule has 0 unspecified atom stereocenters. The smallest absolute Gasteiger partial charge is 0.315 e. The summed E-state index contributed by atoms with van der Waals surface area (Å²) in [5, 5.41) is 25.2. The highest BCUT2D eigenvalue weighted by atomic mass is 35.5. The van der Waals surface area contributed by atoms with Crippen molar-refractivity contribution >= 4 is 29.4 Å². The Balaban J connectivity index is 2.08. The number of hydrogen-bond donors (Lipinski definition) is 2. The van der Waals surface area contributed by atoms with Crippen LogP contribution in [-0.2, 0) is 11.2 Å². The Labute approximate surface area is 154 Å². The third-order valence-electron chi connectivity index (χ3n) is 3.25. The second kappa shape index (κ2) is 8.82. The number of carbonyl (C=O) groups is 1. The van der Waals surface area contributed by atoms with Gasteiger partial charge in [-0.2, -0.15) is 5.10 Å². The van der Waals surface area contributed by atoms with Crippen molar-refractivity contribution in [3.05, 3.63) is 62.7 Å². The molecule has 0 aliphatic rings. The Morgan fingerprint density at radius 1 is 1.38 bits per heavy atom. The third-order valence-corrected chi connectivity index (χ3v) is 3.51. The zero-order valence-corrected chi connectivity index (χ0v) is 14.6. The average molecular weight is 378 g/mol. The van der Waals surface area contributed by atoms with Crippen LogP contribution in [0.4, 0.5) is 5.69 Å². The van der Waals surface area contributed by atoms with Crippen LogP contribution in [0.15, 0.2) is 41.5 Å². The number of nitrogens with zero attached hydrogens (tertiary/aromatic N) is 2. The van der Waals surface area contributed by atoms with E-state index in [1.54, 1.807) is 31.2 Å². The van der Waals surface area contributed by atoms with Gasteiger partial charge in [0.2, 0.25) is 11.7 Å². The number of hydrogen-bond acceptors (Lipinski definition) is 6. The summed E-state index contributed by atoms with van der Waals surface area (Å²) in [6, 6.07) is 9.33. The molecular weight excluding hydrogens is 362 g/mol. The van der Waals surface area contributed by atoms with Gasteiger partial charge in [-0.3, -0.25) is 14.9 Å². The average Bonchev–Trinajstić information content (AvgIpc) is 2.59. The predicted molar refractivity (Wildman–Crippen MR) is 96.8 cm³/mol. The normalized spacial score (nSPS) is 10.7. The van der Waals surface area contributed by atoms with Gasteiger partial charge >= 0.3 is 5.69 Å². The minimum atomic E-state index is -0.728. The molecule has 0 aromatic heterocycles. The second-order valence-electron chi connectivity index (χ2n) is 5.17. The van der Waals surface area contributed by atoms with E-state index in [9.17, 15) is 20.0 Å². The number of halogens is 1. The highest BCUT2D eigenvalue weighted by Crippen LogP contribution is 2.36. The van der Waals surface area contributed by atoms with E-state index in [0.29, 0.717) is 10.6 Å². The molecule has 26 heavy (non-hydrogen) atoms. The highest BCUT2D eigenvalue weighted by Gasteiger charge is 2.19. The summed E-state index contributed by atoms with van der Waals surface area (Å²) in [7, 11) is 0. The van der Waals surface area contributed by atoms with Gasteiger partial charge in [0.15, 0.2) is 5.75 Å². The fourth-order valence-corrected chi connectivity index (χ4v) is 2.23. The van der Waals surface area contributed by atoms with Crippen LogP contribution < -0.4 is 10.2 Å². The molecule has 2 aromatic rings. The zero-order chi connectivity index (χ0) is 19.1. The van der Waals surface area contributed by atoms with Crippen LogP contribution in [0.5, 0.6) is 11.5 Å². The molecule has 0 saturated heterocycles. The quantitative estimate of drug-likeness (QED) is 0.437. The number of hydrazone groups is 1. The molecule has 2 rings (SSSR count). The number of nitro groups is 1. The number of aromatic hydroxyl groups is 1. The number of phenols is 1.